The number of nitrogens with one attached hydrogen (secondary N) is 1. The monoisotopic (exact) mass is 438 g/mol. The van der Waals surface area contributed by atoms with Crippen molar-refractivity contribution < 1.29 is 14.3 Å². The quantitative estimate of drug-likeness (QED) is 0.668. The minimum atomic E-state index is -0.516. The second-order valence-electron chi connectivity index (χ2n) is 6.78. The number of fused-ring (bicyclic) bond motifs is 2. The van der Waals surface area contributed by atoms with E-state index in [9.17, 15) is 9.59 Å². The van der Waals surface area contributed by atoms with Gasteiger partial charge in [-0.15, -0.1) is 11.8 Å². The fourth-order valence-corrected chi connectivity index (χ4v) is 5.18. The van der Waals surface area contributed by atoms with Crippen molar-refractivity contribution in [2.24, 2.45) is 0 Å². The van der Waals surface area contributed by atoms with Crippen molar-refractivity contribution in [3.8, 4) is 5.88 Å². The van der Waals surface area contributed by atoms with Gasteiger partial charge in [0.1, 0.15) is 10.8 Å². The number of rotatable bonds is 3. The number of hydrogen-bond acceptors (Lipinski definition) is 6. The van der Waals surface area contributed by atoms with Crippen LogP contribution in [0.5, 0.6) is 5.88 Å². The lowest BCUT2D eigenvalue weighted by molar-refractivity contribution is -0.118. The van der Waals surface area contributed by atoms with E-state index in [0.717, 1.165) is 15.4 Å². The van der Waals surface area contributed by atoms with Crippen LogP contribution in [0.15, 0.2) is 54.9 Å². The average molecular weight is 439 g/mol. The van der Waals surface area contributed by atoms with Crippen molar-refractivity contribution in [3.63, 3.8) is 0 Å². The summed E-state index contributed by atoms with van der Waals surface area (Å²) in [7, 11) is 1.51. The molecule has 9 heteroatoms. The highest BCUT2D eigenvalue weighted by atomic mass is 35.5. The van der Waals surface area contributed by atoms with Gasteiger partial charge in [-0.05, 0) is 18.2 Å². The van der Waals surface area contributed by atoms with E-state index in [1.54, 1.807) is 24.4 Å². The van der Waals surface area contributed by atoms with Crippen LogP contribution in [0.25, 0.3) is 15.8 Å². The number of carbonyl (C=O) groups is 2. The van der Waals surface area contributed by atoms with E-state index < -0.39 is 17.3 Å². The van der Waals surface area contributed by atoms with Gasteiger partial charge in [-0.1, -0.05) is 29.8 Å². The van der Waals surface area contributed by atoms with Crippen molar-refractivity contribution in [3.05, 3.63) is 65.5 Å². The summed E-state index contributed by atoms with van der Waals surface area (Å²) in [6.07, 6.45) is 4.97. The van der Waals surface area contributed by atoms with Gasteiger partial charge in [-0.25, -0.2) is 14.7 Å². The van der Waals surface area contributed by atoms with Gasteiger partial charge in [0.2, 0.25) is 5.88 Å². The van der Waals surface area contributed by atoms with Crippen LogP contribution in [0.3, 0.4) is 0 Å². The molecule has 2 atom stereocenters. The molecule has 1 fully saturated rings. The Morgan fingerprint density at radius 1 is 1.17 bits per heavy atom. The Kier molecular flexibility index (Phi) is 4.60. The first-order chi connectivity index (χ1) is 14.6. The van der Waals surface area contributed by atoms with Gasteiger partial charge in [0.05, 0.1) is 25.0 Å². The minimum absolute atomic E-state index is 0.319. The number of urea groups is 1. The van der Waals surface area contributed by atoms with E-state index in [0.29, 0.717) is 27.5 Å². The van der Waals surface area contributed by atoms with Crippen molar-refractivity contribution in [1.82, 2.24) is 15.3 Å². The van der Waals surface area contributed by atoms with E-state index in [1.807, 2.05) is 24.3 Å². The first-order valence-electron chi connectivity index (χ1n) is 9.13. The predicted molar refractivity (Wildman–Crippen MR) is 117 cm³/mol. The molecule has 0 aliphatic carbocycles. The number of hydrogen-bond donors (Lipinski definition) is 1. The zero-order chi connectivity index (χ0) is 20.8. The van der Waals surface area contributed by atoms with E-state index in [2.05, 4.69) is 15.3 Å². The number of aromatic nitrogens is 2. The summed E-state index contributed by atoms with van der Waals surface area (Å²) < 4.78 is 5.20. The Labute approximate surface area is 181 Å². The third kappa shape index (κ3) is 3.00. The lowest BCUT2D eigenvalue weighted by atomic mass is 10.1. The Morgan fingerprint density at radius 3 is 2.80 bits per heavy atom. The Bertz CT molecular complexity index is 1230. The summed E-state index contributed by atoms with van der Waals surface area (Å²) in [5.41, 5.74) is 1.62. The number of methoxy groups -OCH3 is 1. The van der Waals surface area contributed by atoms with Gasteiger partial charge in [0.25, 0.3) is 5.91 Å². The molecule has 2 unspecified atom stereocenters. The summed E-state index contributed by atoms with van der Waals surface area (Å²) in [6, 6.07) is 9.99. The zero-order valence-electron chi connectivity index (χ0n) is 15.7. The van der Waals surface area contributed by atoms with E-state index >= 15 is 0 Å². The number of halogens is 1. The molecule has 2 aliphatic heterocycles. The maximum Gasteiger partial charge on any atom is 0.329 e. The maximum atomic E-state index is 13.4. The fourth-order valence-electron chi connectivity index (χ4n) is 3.59. The molecule has 1 saturated heterocycles. The lowest BCUT2D eigenvalue weighted by Crippen LogP contribution is -2.60. The maximum absolute atomic E-state index is 13.4. The largest absolute Gasteiger partial charge is 0.481 e. The minimum Gasteiger partial charge on any atom is -0.481 e. The Morgan fingerprint density at radius 2 is 2.00 bits per heavy atom. The third-order valence-corrected chi connectivity index (χ3v) is 6.70. The molecule has 1 aromatic carbocycles. The highest BCUT2D eigenvalue weighted by Crippen LogP contribution is 2.44. The Hall–Kier alpha value is -3.10. The van der Waals surface area contributed by atoms with Crippen LogP contribution >= 0.6 is 23.4 Å². The summed E-state index contributed by atoms with van der Waals surface area (Å²) in [5.74, 6) is 0.0570. The number of imide groups is 1. The van der Waals surface area contributed by atoms with Gasteiger partial charge in [0.15, 0.2) is 0 Å². The second kappa shape index (κ2) is 7.30. The number of carbonyl (C=O) groups excluding carboxylic acids is 2. The second-order valence-corrected chi connectivity index (χ2v) is 8.37. The zero-order valence-corrected chi connectivity index (χ0v) is 17.3. The van der Waals surface area contributed by atoms with Crippen LogP contribution in [0.1, 0.15) is 5.56 Å². The number of pyridine rings is 2. The molecule has 5 rings (SSSR count). The van der Waals surface area contributed by atoms with Crippen molar-refractivity contribution >= 4 is 56.8 Å². The van der Waals surface area contributed by atoms with Crippen molar-refractivity contribution in [1.29, 1.82) is 0 Å². The number of anilines is 1. The number of thioether (sulfide) groups is 1. The molecule has 30 heavy (non-hydrogen) atoms. The van der Waals surface area contributed by atoms with Gasteiger partial charge in [-0.3, -0.25) is 9.78 Å². The summed E-state index contributed by atoms with van der Waals surface area (Å²) in [6.45, 7) is 0. The van der Waals surface area contributed by atoms with Crippen LogP contribution in [0.4, 0.5) is 10.5 Å². The SMILES string of the molecule is COc1ccc2cncc(N3C(=O)NC4C=C(c5ccccc5Cl)SC4C3=O)c2n1. The van der Waals surface area contributed by atoms with Crippen LogP contribution in [0.2, 0.25) is 5.02 Å². The van der Waals surface area contributed by atoms with Crippen LogP contribution in [0, 0.1) is 0 Å². The molecule has 0 radical (unpaired) electrons. The number of benzene rings is 1. The standard InChI is InChI=1S/C21H15ClN4O3S/c1-29-17-7-6-11-9-23-10-15(18(11)25-17)26-20(27)19-14(24-21(26)28)8-16(30-19)12-4-2-3-5-13(12)22/h2-10,14,19H,1H3,(H,24,28). The molecular weight excluding hydrogens is 424 g/mol. The molecular formula is C21H15ClN4O3S. The number of ether oxygens (including phenoxy) is 1. The van der Waals surface area contributed by atoms with Crippen LogP contribution < -0.4 is 15.0 Å². The van der Waals surface area contributed by atoms with Gasteiger partial charge < -0.3 is 10.1 Å². The summed E-state index contributed by atoms with van der Waals surface area (Å²) >= 11 is 7.71. The molecule has 0 bridgehead atoms. The first kappa shape index (κ1) is 18.9. The topological polar surface area (TPSA) is 84.4 Å². The molecule has 1 N–H and O–H groups in total. The molecule has 3 aromatic rings. The highest BCUT2D eigenvalue weighted by molar-refractivity contribution is 8.09. The fraction of sp³-hybridized carbons (Fsp3) is 0.143. The Balaban J connectivity index is 1.52. The smallest absolute Gasteiger partial charge is 0.329 e. The van der Waals surface area contributed by atoms with Crippen molar-refractivity contribution in [2.45, 2.75) is 11.3 Å². The van der Waals surface area contributed by atoms with E-state index in [1.165, 1.54) is 25.1 Å². The predicted octanol–water partition coefficient (Wildman–Crippen LogP) is 3.87. The molecule has 0 spiro atoms. The number of amides is 3. The van der Waals surface area contributed by atoms with Crippen LogP contribution in [-0.2, 0) is 4.79 Å². The number of nitrogens with zero attached hydrogens (tertiary/aromatic N) is 3. The van der Waals surface area contributed by atoms with E-state index in [4.69, 9.17) is 16.3 Å². The molecule has 2 aliphatic rings. The third-order valence-electron chi connectivity index (χ3n) is 5.01. The average Bonchev–Trinajstić information content (AvgIpc) is 3.18. The lowest BCUT2D eigenvalue weighted by Gasteiger charge is -2.33. The van der Waals surface area contributed by atoms with E-state index in [-0.39, 0.29) is 5.91 Å². The highest BCUT2D eigenvalue weighted by Gasteiger charge is 2.46. The van der Waals surface area contributed by atoms with Gasteiger partial charge in [0, 0.05) is 33.1 Å². The molecule has 150 valence electrons. The molecule has 3 amide bonds. The first-order valence-corrected chi connectivity index (χ1v) is 10.4. The van der Waals surface area contributed by atoms with Gasteiger partial charge in [-0.2, -0.15) is 0 Å². The molecule has 7 nitrogen and oxygen atoms in total. The summed E-state index contributed by atoms with van der Waals surface area (Å²) in [5, 5.41) is 3.70. The molecule has 2 aromatic heterocycles. The van der Waals surface area contributed by atoms with Crippen molar-refractivity contribution in [2.75, 3.05) is 12.0 Å². The van der Waals surface area contributed by atoms with Crippen LogP contribution in [-0.4, -0.2) is 40.3 Å². The normalized spacial score (nSPS) is 20.7. The molecule has 4 heterocycles. The summed E-state index contributed by atoms with van der Waals surface area (Å²) in [4.78, 5) is 36.8. The van der Waals surface area contributed by atoms with Gasteiger partial charge >= 0.3 is 6.03 Å². The molecule has 0 saturated carbocycles.